The molecule has 0 spiro atoms. The van der Waals surface area contributed by atoms with E-state index in [9.17, 15) is 19.2 Å². The molecule has 2 saturated heterocycles. The van der Waals surface area contributed by atoms with E-state index < -0.39 is 17.1 Å². The number of carbonyl (C=O) groups excluding carboxylic acids is 2. The predicted molar refractivity (Wildman–Crippen MR) is 266 cm³/mol. The number of fused-ring (bicyclic) bond motifs is 2. The van der Waals surface area contributed by atoms with Crippen molar-refractivity contribution in [2.24, 2.45) is 0 Å². The molecule has 4 heterocycles. The van der Waals surface area contributed by atoms with Crippen LogP contribution < -0.4 is 19.9 Å². The molecule has 2 unspecified atom stereocenters. The van der Waals surface area contributed by atoms with Gasteiger partial charge in [0.25, 0.3) is 5.91 Å². The Labute approximate surface area is 397 Å². The molecule has 0 saturated carbocycles. The molecule has 15 nitrogen and oxygen atoms in total. The summed E-state index contributed by atoms with van der Waals surface area (Å²) < 4.78 is 24.8. The van der Waals surface area contributed by atoms with E-state index in [1.807, 2.05) is 34.6 Å². The van der Waals surface area contributed by atoms with Crippen LogP contribution in [0.3, 0.4) is 0 Å². The third-order valence-corrected chi connectivity index (χ3v) is 12.1. The molecule has 0 radical (unpaired) electrons. The van der Waals surface area contributed by atoms with Gasteiger partial charge in [0, 0.05) is 59.4 Å². The highest BCUT2D eigenvalue weighted by Crippen LogP contribution is 2.36. The first-order chi connectivity index (χ1) is 32.1. The van der Waals surface area contributed by atoms with Gasteiger partial charge in [0.05, 0.1) is 43.7 Å². The lowest BCUT2D eigenvalue weighted by Crippen LogP contribution is -2.56. The first-order valence-electron chi connectivity index (χ1n) is 23.6. The normalized spacial score (nSPS) is 18.1. The third-order valence-electron chi connectivity index (χ3n) is 12.1. The maximum atomic E-state index is 13.8. The average Bonchev–Trinajstić information content (AvgIpc) is 3.81. The lowest BCUT2D eigenvalue weighted by Gasteiger charge is -2.42. The highest BCUT2D eigenvalue weighted by atomic mass is 19.1. The molecule has 7 rings (SSSR count). The van der Waals surface area contributed by atoms with Gasteiger partial charge in [-0.1, -0.05) is 70.2 Å². The number of methoxy groups -OCH3 is 1. The van der Waals surface area contributed by atoms with Crippen LogP contribution in [0.4, 0.5) is 20.7 Å². The number of nitrogens with zero attached hydrogens (tertiary/aromatic N) is 8. The Morgan fingerprint density at radius 2 is 1.66 bits per heavy atom. The van der Waals surface area contributed by atoms with E-state index in [0.717, 1.165) is 48.2 Å². The van der Waals surface area contributed by atoms with E-state index in [4.69, 9.17) is 29.6 Å². The number of nitriles is 1. The van der Waals surface area contributed by atoms with Crippen LogP contribution in [0.1, 0.15) is 104 Å². The van der Waals surface area contributed by atoms with E-state index in [1.54, 1.807) is 18.9 Å². The Morgan fingerprint density at radius 1 is 1.00 bits per heavy atom. The Balaban J connectivity index is 0.000000745. The molecule has 2 atom stereocenters. The SMILES string of the molecule is C=C(COC(=O)NC1CCC(/C(C)=C(\C)F)=C(C)C1)C(=O)N1CCN(c2nc(OC)nc3c2CCN(c2cccc4cccc(C)c24)C3)CC1CC#N.CC.CC.CN1CCCC1.C[N+](=O)[O-]. The Hall–Kier alpha value is -6.08. The van der Waals surface area contributed by atoms with Crippen LogP contribution in [-0.4, -0.2) is 116 Å². The number of ether oxygens (including phenoxy) is 2. The lowest BCUT2D eigenvalue weighted by molar-refractivity contribution is -0.445. The van der Waals surface area contributed by atoms with Gasteiger partial charge in [0.15, 0.2) is 7.05 Å². The summed E-state index contributed by atoms with van der Waals surface area (Å²) in [7, 11) is 4.62. The summed E-state index contributed by atoms with van der Waals surface area (Å²) in [6.07, 6.45) is 4.95. The fourth-order valence-corrected chi connectivity index (χ4v) is 8.78. The summed E-state index contributed by atoms with van der Waals surface area (Å²) in [5, 5.41) is 23.9. The minimum absolute atomic E-state index is 0.114. The van der Waals surface area contributed by atoms with E-state index in [0.29, 0.717) is 51.0 Å². The summed E-state index contributed by atoms with van der Waals surface area (Å²) in [6, 6.07) is 14.7. The quantitative estimate of drug-likeness (QED) is 0.123. The van der Waals surface area contributed by atoms with Crippen molar-refractivity contribution < 1.29 is 28.4 Å². The highest BCUT2D eigenvalue weighted by Gasteiger charge is 2.35. The number of allylic oxidation sites excluding steroid dienone is 3. The number of nitrogens with one attached hydrogen (secondary N) is 1. The van der Waals surface area contributed by atoms with Crippen molar-refractivity contribution in [2.45, 2.75) is 119 Å². The minimum Gasteiger partial charge on any atom is -0.467 e. The number of hydrogen-bond acceptors (Lipinski definition) is 12. The van der Waals surface area contributed by atoms with Crippen LogP contribution >= 0.6 is 0 Å². The number of carbonyl (C=O) groups is 2. The number of amides is 2. The molecule has 1 aromatic heterocycles. The average molecular weight is 928 g/mol. The molecule has 2 amide bonds. The highest BCUT2D eigenvalue weighted by molar-refractivity contribution is 5.97. The number of anilines is 2. The van der Waals surface area contributed by atoms with Crippen molar-refractivity contribution in [1.82, 2.24) is 25.1 Å². The second-order valence-electron chi connectivity index (χ2n) is 16.7. The van der Waals surface area contributed by atoms with Crippen molar-refractivity contribution in [1.29, 1.82) is 5.26 Å². The minimum atomic E-state index is -0.635. The number of aryl methyl sites for hydroxylation is 1. The topological polar surface area (TPSA) is 170 Å². The molecule has 4 aliphatic rings. The van der Waals surface area contributed by atoms with Crippen LogP contribution in [0, 0.1) is 28.4 Å². The van der Waals surface area contributed by atoms with Crippen molar-refractivity contribution >= 4 is 34.3 Å². The van der Waals surface area contributed by atoms with Gasteiger partial charge in [0.2, 0.25) is 0 Å². The summed E-state index contributed by atoms with van der Waals surface area (Å²) in [4.78, 5) is 52.7. The predicted octanol–water partition coefficient (Wildman–Crippen LogP) is 9.51. The maximum Gasteiger partial charge on any atom is 0.407 e. The Bertz CT molecular complexity index is 2260. The lowest BCUT2D eigenvalue weighted by atomic mass is 9.85. The summed E-state index contributed by atoms with van der Waals surface area (Å²) in [5.74, 6) is 0.214. The molecule has 0 bridgehead atoms. The summed E-state index contributed by atoms with van der Waals surface area (Å²) in [6.45, 7) is 24.2. The molecular formula is C51H74FN9O6. The van der Waals surface area contributed by atoms with Gasteiger partial charge in [-0.05, 0) is 115 Å². The van der Waals surface area contributed by atoms with E-state index in [2.05, 4.69) is 83.0 Å². The van der Waals surface area contributed by atoms with E-state index in [1.165, 1.54) is 54.9 Å². The molecule has 2 aromatic carbocycles. The number of nitro groups is 1. The van der Waals surface area contributed by atoms with Gasteiger partial charge in [0.1, 0.15) is 12.4 Å². The maximum absolute atomic E-state index is 13.8. The number of alkyl carbamates (subject to hydrolysis) is 1. The Kier molecular flexibility index (Phi) is 22.7. The van der Waals surface area contributed by atoms with E-state index >= 15 is 0 Å². The number of hydrogen-bond donors (Lipinski definition) is 1. The van der Waals surface area contributed by atoms with Crippen LogP contribution in [-0.2, 0) is 22.5 Å². The van der Waals surface area contributed by atoms with Gasteiger partial charge in [-0.25, -0.2) is 9.18 Å². The number of rotatable bonds is 9. The Morgan fingerprint density at radius 3 is 2.24 bits per heavy atom. The van der Waals surface area contributed by atoms with Crippen LogP contribution in [0.5, 0.6) is 6.01 Å². The zero-order valence-electron chi connectivity index (χ0n) is 41.8. The van der Waals surface area contributed by atoms with Gasteiger partial charge in [-0.15, -0.1) is 0 Å². The standard InChI is InChI=1S/C41H48FN7O4.C5H11N.2C2H6.CH3NO2/c1-25-9-7-10-30-11-8-12-36(37(25)30)47-18-16-34-35(23-47)45-40(52-6)46-38(34)48-19-20-49(32(22-48)15-17-43)39(50)27(3)24-53-41(51)44-31-13-14-33(26(2)21-31)28(4)29(5)42;1-6-4-2-3-5-6;2*1-2;1-2(3)4/h7-12,31-32H,3,13-16,18-24H2,1-2,4-6H3,(H,44,51);2-5H2,1H3;2*1-2H3;1H3/b29-28+;;;;. The van der Waals surface area contributed by atoms with Crippen molar-refractivity contribution in [3.05, 3.63) is 98.0 Å². The van der Waals surface area contributed by atoms with Gasteiger partial charge in [-0.3, -0.25) is 14.9 Å². The van der Waals surface area contributed by atoms with Crippen LogP contribution in [0.15, 0.2) is 71.1 Å². The number of aromatic nitrogens is 2. The molecule has 67 heavy (non-hydrogen) atoms. The first-order valence-corrected chi connectivity index (χ1v) is 23.6. The second-order valence-corrected chi connectivity index (χ2v) is 16.7. The summed E-state index contributed by atoms with van der Waals surface area (Å²) >= 11 is 0. The largest absolute Gasteiger partial charge is 0.467 e. The summed E-state index contributed by atoms with van der Waals surface area (Å²) in [5.41, 5.74) is 7.15. The molecular weight excluding hydrogens is 854 g/mol. The number of halogens is 1. The molecule has 3 aliphatic heterocycles. The van der Waals surface area contributed by atoms with Crippen LogP contribution in [0.25, 0.3) is 10.8 Å². The molecule has 1 N–H and O–H groups in total. The number of likely N-dealkylation sites (tertiary alicyclic amines) is 1. The van der Waals surface area contributed by atoms with Crippen LogP contribution in [0.2, 0.25) is 0 Å². The molecule has 16 heteroatoms. The molecule has 3 aromatic rings. The molecule has 366 valence electrons. The van der Waals surface area contributed by atoms with Gasteiger partial charge in [-0.2, -0.15) is 15.2 Å². The van der Waals surface area contributed by atoms with Crippen molar-refractivity contribution in [2.75, 3.05) is 76.9 Å². The van der Waals surface area contributed by atoms with Crippen molar-refractivity contribution in [3.63, 3.8) is 0 Å². The third kappa shape index (κ3) is 15.5. The first kappa shape index (κ1) is 55.2. The van der Waals surface area contributed by atoms with E-state index in [-0.39, 0.29) is 42.4 Å². The zero-order valence-corrected chi connectivity index (χ0v) is 41.8. The zero-order chi connectivity index (χ0) is 49.8. The van der Waals surface area contributed by atoms with Gasteiger partial charge >= 0.3 is 12.1 Å². The molecule has 1 aliphatic carbocycles. The number of piperazine rings is 1. The fourth-order valence-electron chi connectivity index (χ4n) is 8.78. The fraction of sp³-hybridized carbons (Fsp3) is 0.549. The smallest absolute Gasteiger partial charge is 0.407 e. The van der Waals surface area contributed by atoms with Gasteiger partial charge < -0.3 is 34.4 Å². The number of benzene rings is 2. The molecule has 2 fully saturated rings. The monoisotopic (exact) mass is 928 g/mol. The van der Waals surface area contributed by atoms with Crippen molar-refractivity contribution in [3.8, 4) is 12.1 Å². The second kappa shape index (κ2) is 27.5.